The van der Waals surface area contributed by atoms with E-state index in [2.05, 4.69) is 10.00 Å². The number of benzene rings is 1. The van der Waals surface area contributed by atoms with Gasteiger partial charge < -0.3 is 9.84 Å². The van der Waals surface area contributed by atoms with Gasteiger partial charge in [-0.2, -0.15) is 5.10 Å². The molecular formula is C16H20FN3O2. The Kier molecular flexibility index (Phi) is 4.82. The van der Waals surface area contributed by atoms with E-state index in [9.17, 15) is 9.50 Å². The molecular weight excluding hydrogens is 285 g/mol. The summed E-state index contributed by atoms with van der Waals surface area (Å²) in [5.74, 6) is -0.324. The summed E-state index contributed by atoms with van der Waals surface area (Å²) < 4.78 is 20.8. The minimum Gasteiger partial charge on any atom is -0.387 e. The van der Waals surface area contributed by atoms with Gasteiger partial charge in [0.2, 0.25) is 0 Å². The van der Waals surface area contributed by atoms with Crippen LogP contribution in [0.4, 0.5) is 4.39 Å². The summed E-state index contributed by atoms with van der Waals surface area (Å²) in [7, 11) is 0. The van der Waals surface area contributed by atoms with Gasteiger partial charge in [-0.25, -0.2) is 4.39 Å². The number of hydrogen-bond acceptors (Lipinski definition) is 4. The van der Waals surface area contributed by atoms with Crippen LogP contribution >= 0.6 is 0 Å². The predicted octanol–water partition coefficient (Wildman–Crippen LogP) is 1.46. The quantitative estimate of drug-likeness (QED) is 0.908. The molecule has 118 valence electrons. The van der Waals surface area contributed by atoms with Crippen molar-refractivity contribution in [3.05, 3.63) is 54.1 Å². The summed E-state index contributed by atoms with van der Waals surface area (Å²) in [6.07, 6.45) is 3.01. The SMILES string of the molecule is O[C@@H](CN1CCO[C@H](Cn2cccn2)C1)c1cccc(F)c1. The van der Waals surface area contributed by atoms with Gasteiger partial charge in [0.05, 0.1) is 25.4 Å². The zero-order valence-corrected chi connectivity index (χ0v) is 12.3. The normalized spacial score (nSPS) is 20.9. The summed E-state index contributed by atoms with van der Waals surface area (Å²) in [4.78, 5) is 2.15. The fourth-order valence-electron chi connectivity index (χ4n) is 2.74. The molecule has 1 saturated heterocycles. The largest absolute Gasteiger partial charge is 0.387 e. The molecule has 0 spiro atoms. The number of rotatable bonds is 5. The van der Waals surface area contributed by atoms with Crippen LogP contribution in [-0.2, 0) is 11.3 Å². The van der Waals surface area contributed by atoms with Crippen molar-refractivity contribution in [2.24, 2.45) is 0 Å². The van der Waals surface area contributed by atoms with Crippen LogP contribution < -0.4 is 0 Å². The number of hydrogen-bond donors (Lipinski definition) is 1. The summed E-state index contributed by atoms with van der Waals surface area (Å²) in [5, 5.41) is 14.5. The second-order valence-electron chi connectivity index (χ2n) is 5.55. The van der Waals surface area contributed by atoms with Gasteiger partial charge in [-0.05, 0) is 23.8 Å². The number of β-amino-alcohol motifs (C(OH)–C–C–N with tert-alkyl or cyclic N) is 1. The molecule has 1 aromatic heterocycles. The minimum absolute atomic E-state index is 0.0494. The molecule has 0 aliphatic carbocycles. The average Bonchev–Trinajstić information content (AvgIpc) is 3.00. The third kappa shape index (κ3) is 3.91. The molecule has 0 bridgehead atoms. The number of halogens is 1. The van der Waals surface area contributed by atoms with E-state index in [0.29, 0.717) is 25.3 Å². The number of aliphatic hydroxyl groups excluding tert-OH is 1. The molecule has 0 amide bonds. The fraction of sp³-hybridized carbons (Fsp3) is 0.438. The van der Waals surface area contributed by atoms with Crippen LogP contribution in [0.3, 0.4) is 0 Å². The molecule has 22 heavy (non-hydrogen) atoms. The number of nitrogens with zero attached hydrogens (tertiary/aromatic N) is 3. The zero-order valence-electron chi connectivity index (χ0n) is 12.3. The molecule has 1 aromatic carbocycles. The van der Waals surface area contributed by atoms with Crippen molar-refractivity contribution in [3.63, 3.8) is 0 Å². The van der Waals surface area contributed by atoms with E-state index in [0.717, 1.165) is 13.1 Å². The molecule has 3 rings (SSSR count). The topological polar surface area (TPSA) is 50.5 Å². The first-order valence-corrected chi connectivity index (χ1v) is 7.45. The highest BCUT2D eigenvalue weighted by Crippen LogP contribution is 2.17. The van der Waals surface area contributed by atoms with Gasteiger partial charge in [-0.1, -0.05) is 12.1 Å². The Morgan fingerprint density at radius 3 is 3.09 bits per heavy atom. The summed E-state index contributed by atoms with van der Waals surface area (Å²) in [6.45, 7) is 3.29. The van der Waals surface area contributed by atoms with Crippen LogP contribution in [0, 0.1) is 5.82 Å². The fourth-order valence-corrected chi connectivity index (χ4v) is 2.74. The lowest BCUT2D eigenvalue weighted by atomic mass is 10.1. The highest BCUT2D eigenvalue weighted by Gasteiger charge is 2.23. The molecule has 2 heterocycles. The summed E-state index contributed by atoms with van der Waals surface area (Å²) in [5.41, 5.74) is 0.607. The van der Waals surface area contributed by atoms with Crippen molar-refractivity contribution in [2.45, 2.75) is 18.8 Å². The minimum atomic E-state index is -0.695. The zero-order chi connectivity index (χ0) is 15.4. The number of ether oxygens (including phenoxy) is 1. The third-order valence-corrected chi connectivity index (χ3v) is 3.84. The van der Waals surface area contributed by atoms with Gasteiger partial charge in [0.25, 0.3) is 0 Å². The van der Waals surface area contributed by atoms with Crippen molar-refractivity contribution in [3.8, 4) is 0 Å². The van der Waals surface area contributed by atoms with Gasteiger partial charge >= 0.3 is 0 Å². The monoisotopic (exact) mass is 305 g/mol. The summed E-state index contributed by atoms with van der Waals surface area (Å²) >= 11 is 0. The van der Waals surface area contributed by atoms with Crippen LogP contribution in [0.5, 0.6) is 0 Å². The predicted molar refractivity (Wildman–Crippen MR) is 79.8 cm³/mol. The smallest absolute Gasteiger partial charge is 0.123 e. The van der Waals surface area contributed by atoms with E-state index in [1.807, 2.05) is 16.9 Å². The van der Waals surface area contributed by atoms with Crippen LogP contribution in [0.25, 0.3) is 0 Å². The third-order valence-electron chi connectivity index (χ3n) is 3.84. The van der Waals surface area contributed by atoms with Crippen molar-refractivity contribution in [1.29, 1.82) is 0 Å². The van der Waals surface area contributed by atoms with Crippen molar-refractivity contribution in [1.82, 2.24) is 14.7 Å². The van der Waals surface area contributed by atoms with E-state index in [1.54, 1.807) is 18.3 Å². The first-order valence-electron chi connectivity index (χ1n) is 7.45. The first-order chi connectivity index (χ1) is 10.7. The van der Waals surface area contributed by atoms with Crippen LogP contribution in [0.2, 0.25) is 0 Å². The molecule has 1 N–H and O–H groups in total. The lowest BCUT2D eigenvalue weighted by molar-refractivity contribution is -0.0486. The summed E-state index contributed by atoms with van der Waals surface area (Å²) in [6, 6.07) is 8.01. The molecule has 0 saturated carbocycles. The lowest BCUT2D eigenvalue weighted by Crippen LogP contribution is -2.45. The standard InChI is InChI=1S/C16H20FN3O2/c17-14-4-1-3-13(9-14)16(21)12-19-7-8-22-15(10-19)11-20-6-2-5-18-20/h1-6,9,15-16,21H,7-8,10-12H2/t15-,16-/m0/s1. The average molecular weight is 305 g/mol. The molecule has 0 radical (unpaired) electrons. The van der Waals surface area contributed by atoms with Crippen LogP contribution in [0.15, 0.2) is 42.7 Å². The lowest BCUT2D eigenvalue weighted by Gasteiger charge is -2.34. The van der Waals surface area contributed by atoms with Gasteiger partial charge in [0, 0.05) is 32.0 Å². The molecule has 1 aliphatic heterocycles. The van der Waals surface area contributed by atoms with Crippen molar-refractivity contribution >= 4 is 0 Å². The molecule has 1 aliphatic rings. The number of aliphatic hydroxyl groups is 1. The molecule has 2 aromatic rings. The number of aromatic nitrogens is 2. The molecule has 5 nitrogen and oxygen atoms in total. The van der Waals surface area contributed by atoms with E-state index in [1.165, 1.54) is 12.1 Å². The molecule has 0 unspecified atom stereocenters. The van der Waals surface area contributed by atoms with E-state index < -0.39 is 6.10 Å². The highest BCUT2D eigenvalue weighted by molar-refractivity contribution is 5.19. The Bertz CT molecular complexity index is 591. The second-order valence-corrected chi connectivity index (χ2v) is 5.55. The highest BCUT2D eigenvalue weighted by atomic mass is 19.1. The van der Waals surface area contributed by atoms with Gasteiger partial charge in [-0.3, -0.25) is 9.58 Å². The van der Waals surface area contributed by atoms with Crippen LogP contribution in [-0.4, -0.2) is 52.1 Å². The Hall–Kier alpha value is -1.76. The van der Waals surface area contributed by atoms with Crippen molar-refractivity contribution in [2.75, 3.05) is 26.2 Å². The first kappa shape index (κ1) is 15.1. The Morgan fingerprint density at radius 2 is 2.32 bits per heavy atom. The van der Waals surface area contributed by atoms with Gasteiger partial charge in [-0.15, -0.1) is 0 Å². The Labute approximate surface area is 128 Å². The van der Waals surface area contributed by atoms with Crippen LogP contribution in [0.1, 0.15) is 11.7 Å². The maximum Gasteiger partial charge on any atom is 0.123 e. The Balaban J connectivity index is 1.55. The van der Waals surface area contributed by atoms with Crippen molar-refractivity contribution < 1.29 is 14.2 Å². The molecule has 6 heteroatoms. The van der Waals surface area contributed by atoms with Gasteiger partial charge in [0.1, 0.15) is 5.82 Å². The van der Waals surface area contributed by atoms with E-state index in [4.69, 9.17) is 4.74 Å². The Morgan fingerprint density at radius 1 is 1.41 bits per heavy atom. The molecule has 2 atom stereocenters. The van der Waals surface area contributed by atoms with E-state index >= 15 is 0 Å². The van der Waals surface area contributed by atoms with Gasteiger partial charge in [0.15, 0.2) is 0 Å². The van der Waals surface area contributed by atoms with E-state index in [-0.39, 0.29) is 11.9 Å². The maximum absolute atomic E-state index is 13.2. The molecule has 1 fully saturated rings. The second kappa shape index (κ2) is 7.00. The maximum atomic E-state index is 13.2. The number of morpholine rings is 1.